The van der Waals surface area contributed by atoms with Crippen molar-refractivity contribution in [1.29, 1.82) is 0 Å². The molecule has 0 aliphatic carbocycles. The largest absolute Gasteiger partial charge is 0.496 e. The van der Waals surface area contributed by atoms with Crippen LogP contribution in [0.3, 0.4) is 0 Å². The van der Waals surface area contributed by atoms with E-state index in [1.807, 2.05) is 25.1 Å². The van der Waals surface area contributed by atoms with E-state index in [1.54, 1.807) is 7.11 Å². The third kappa shape index (κ3) is 3.72. The van der Waals surface area contributed by atoms with Crippen molar-refractivity contribution in [2.75, 3.05) is 13.7 Å². The number of rotatable bonds is 6. The van der Waals surface area contributed by atoms with Gasteiger partial charge in [-0.25, -0.2) is 0 Å². The fourth-order valence-electron chi connectivity index (χ4n) is 1.62. The summed E-state index contributed by atoms with van der Waals surface area (Å²) < 4.78 is 5.23. The highest BCUT2D eigenvalue weighted by molar-refractivity contribution is 5.81. The monoisotopic (exact) mass is 252 g/mol. The van der Waals surface area contributed by atoms with E-state index in [1.165, 1.54) is 0 Å². The summed E-state index contributed by atoms with van der Waals surface area (Å²) in [6, 6.07) is 4.90. The van der Waals surface area contributed by atoms with E-state index in [0.717, 1.165) is 23.3 Å². The van der Waals surface area contributed by atoms with Crippen molar-refractivity contribution >= 4 is 5.91 Å². The maximum Gasteiger partial charge on any atom is 0.239 e. The Hall–Kier alpha value is -1.59. The number of hydrogen-bond donors (Lipinski definition) is 3. The molecule has 0 spiro atoms. The normalized spacial score (nSPS) is 12.0. The van der Waals surface area contributed by atoms with Crippen molar-refractivity contribution in [2.45, 2.75) is 25.9 Å². The van der Waals surface area contributed by atoms with Gasteiger partial charge in [-0.15, -0.1) is 0 Å². The third-order valence-corrected chi connectivity index (χ3v) is 2.73. The van der Waals surface area contributed by atoms with E-state index in [0.29, 0.717) is 6.54 Å². The van der Waals surface area contributed by atoms with Gasteiger partial charge in [0, 0.05) is 6.54 Å². The molecule has 0 bridgehead atoms. The molecule has 0 heterocycles. The Bertz CT molecular complexity index is 407. The van der Waals surface area contributed by atoms with Crippen molar-refractivity contribution in [1.82, 2.24) is 5.32 Å². The standard InChI is InChI=1S/C13H20N2O3/c1-3-10-6-9(4-5-12(10)18-2)7-15-13(17)11(14)8-16/h4-6,11,16H,3,7-8,14H2,1-2H3,(H,15,17). The second-order valence-corrected chi connectivity index (χ2v) is 4.01. The molecule has 1 amide bonds. The van der Waals surface area contributed by atoms with Gasteiger partial charge in [0.15, 0.2) is 0 Å². The van der Waals surface area contributed by atoms with Gasteiger partial charge in [-0.3, -0.25) is 4.79 Å². The lowest BCUT2D eigenvalue weighted by atomic mass is 10.1. The number of carbonyl (C=O) groups is 1. The van der Waals surface area contributed by atoms with Crippen molar-refractivity contribution in [2.24, 2.45) is 5.73 Å². The number of aryl methyl sites for hydroxylation is 1. The Kier molecular flexibility index (Phi) is 5.61. The number of amides is 1. The summed E-state index contributed by atoms with van der Waals surface area (Å²) in [7, 11) is 1.64. The first kappa shape index (κ1) is 14.5. The van der Waals surface area contributed by atoms with Crippen LogP contribution in [0.1, 0.15) is 18.1 Å². The van der Waals surface area contributed by atoms with Gasteiger partial charge >= 0.3 is 0 Å². The molecular weight excluding hydrogens is 232 g/mol. The van der Waals surface area contributed by atoms with Gasteiger partial charge in [-0.1, -0.05) is 19.1 Å². The molecule has 1 unspecified atom stereocenters. The molecule has 0 aliphatic heterocycles. The molecule has 0 aliphatic rings. The first-order valence-corrected chi connectivity index (χ1v) is 5.92. The van der Waals surface area contributed by atoms with Crippen molar-refractivity contribution < 1.29 is 14.6 Å². The molecule has 5 nitrogen and oxygen atoms in total. The highest BCUT2D eigenvalue weighted by Gasteiger charge is 2.11. The average Bonchev–Trinajstić information content (AvgIpc) is 2.43. The Balaban J connectivity index is 2.66. The number of benzene rings is 1. The van der Waals surface area contributed by atoms with Gasteiger partial charge in [0.05, 0.1) is 13.7 Å². The zero-order valence-corrected chi connectivity index (χ0v) is 10.8. The van der Waals surface area contributed by atoms with Gasteiger partial charge < -0.3 is 20.9 Å². The van der Waals surface area contributed by atoms with E-state index >= 15 is 0 Å². The Labute approximate surface area is 107 Å². The van der Waals surface area contributed by atoms with Gasteiger partial charge in [0.2, 0.25) is 5.91 Å². The number of aliphatic hydroxyl groups is 1. The lowest BCUT2D eigenvalue weighted by molar-refractivity contribution is -0.123. The van der Waals surface area contributed by atoms with Crippen molar-refractivity contribution in [3.05, 3.63) is 29.3 Å². The van der Waals surface area contributed by atoms with E-state index in [4.69, 9.17) is 15.6 Å². The summed E-state index contributed by atoms with van der Waals surface area (Å²) in [6.07, 6.45) is 0.862. The van der Waals surface area contributed by atoms with Crippen molar-refractivity contribution in [3.8, 4) is 5.75 Å². The number of ether oxygens (including phenoxy) is 1. The molecule has 1 atom stereocenters. The van der Waals surface area contributed by atoms with Crippen LogP contribution >= 0.6 is 0 Å². The summed E-state index contributed by atoms with van der Waals surface area (Å²) in [4.78, 5) is 11.4. The van der Waals surface area contributed by atoms with Crippen LogP contribution in [-0.4, -0.2) is 30.8 Å². The minimum atomic E-state index is -0.867. The van der Waals surface area contributed by atoms with E-state index < -0.39 is 6.04 Å². The third-order valence-electron chi connectivity index (χ3n) is 2.73. The summed E-state index contributed by atoms with van der Waals surface area (Å²) in [5.41, 5.74) is 7.47. The van der Waals surface area contributed by atoms with E-state index in [-0.39, 0.29) is 12.5 Å². The zero-order chi connectivity index (χ0) is 13.5. The van der Waals surface area contributed by atoms with Crippen LogP contribution in [0.5, 0.6) is 5.75 Å². The molecule has 4 N–H and O–H groups in total. The second kappa shape index (κ2) is 6.98. The number of hydrogen-bond acceptors (Lipinski definition) is 4. The minimum absolute atomic E-state index is 0.353. The summed E-state index contributed by atoms with van der Waals surface area (Å²) in [5.74, 6) is 0.492. The molecule has 18 heavy (non-hydrogen) atoms. The second-order valence-electron chi connectivity index (χ2n) is 4.01. The lowest BCUT2D eigenvalue weighted by Gasteiger charge is -2.12. The molecule has 5 heteroatoms. The van der Waals surface area contributed by atoms with Crippen LogP contribution in [0.25, 0.3) is 0 Å². The first-order valence-electron chi connectivity index (χ1n) is 5.92. The highest BCUT2D eigenvalue weighted by atomic mass is 16.5. The lowest BCUT2D eigenvalue weighted by Crippen LogP contribution is -2.42. The number of aliphatic hydroxyl groups excluding tert-OH is 1. The highest BCUT2D eigenvalue weighted by Crippen LogP contribution is 2.20. The van der Waals surface area contributed by atoms with Gasteiger partial charge in [-0.2, -0.15) is 0 Å². The number of carbonyl (C=O) groups excluding carboxylic acids is 1. The van der Waals surface area contributed by atoms with Crippen LogP contribution in [0, 0.1) is 0 Å². The molecule has 0 radical (unpaired) electrons. The molecular formula is C13H20N2O3. The average molecular weight is 252 g/mol. The molecule has 0 saturated carbocycles. The molecule has 0 saturated heterocycles. The molecule has 0 fully saturated rings. The number of nitrogens with one attached hydrogen (secondary N) is 1. The van der Waals surface area contributed by atoms with Crippen LogP contribution < -0.4 is 15.8 Å². The van der Waals surface area contributed by atoms with Crippen LogP contribution in [0.4, 0.5) is 0 Å². The maximum absolute atomic E-state index is 11.4. The quantitative estimate of drug-likeness (QED) is 0.675. The van der Waals surface area contributed by atoms with Gasteiger partial charge in [0.1, 0.15) is 11.8 Å². The summed E-state index contributed by atoms with van der Waals surface area (Å²) in [6.45, 7) is 2.08. The SMILES string of the molecule is CCc1cc(CNC(=O)C(N)CO)ccc1OC. The minimum Gasteiger partial charge on any atom is -0.496 e. The predicted molar refractivity (Wildman–Crippen MR) is 69.3 cm³/mol. The Morgan fingerprint density at radius 2 is 2.28 bits per heavy atom. The van der Waals surface area contributed by atoms with Crippen LogP contribution in [-0.2, 0) is 17.8 Å². The molecule has 100 valence electrons. The van der Waals surface area contributed by atoms with Crippen molar-refractivity contribution in [3.63, 3.8) is 0 Å². The Morgan fingerprint density at radius 3 is 2.83 bits per heavy atom. The fourth-order valence-corrected chi connectivity index (χ4v) is 1.62. The topological polar surface area (TPSA) is 84.6 Å². The van der Waals surface area contributed by atoms with Crippen LogP contribution in [0.2, 0.25) is 0 Å². The fraction of sp³-hybridized carbons (Fsp3) is 0.462. The van der Waals surface area contributed by atoms with E-state index in [9.17, 15) is 4.79 Å². The summed E-state index contributed by atoms with van der Waals surface area (Å²) >= 11 is 0. The maximum atomic E-state index is 11.4. The molecule has 0 aromatic heterocycles. The van der Waals surface area contributed by atoms with Gasteiger partial charge in [0.25, 0.3) is 0 Å². The zero-order valence-electron chi connectivity index (χ0n) is 10.8. The number of methoxy groups -OCH3 is 1. The van der Waals surface area contributed by atoms with Crippen LogP contribution in [0.15, 0.2) is 18.2 Å². The smallest absolute Gasteiger partial charge is 0.239 e. The predicted octanol–water partition coefficient (Wildman–Crippen LogP) is 0.193. The van der Waals surface area contributed by atoms with E-state index in [2.05, 4.69) is 5.32 Å². The molecule has 1 aromatic carbocycles. The summed E-state index contributed by atoms with van der Waals surface area (Å²) in [5, 5.41) is 11.4. The molecule has 1 rings (SSSR count). The van der Waals surface area contributed by atoms with Gasteiger partial charge in [-0.05, 0) is 23.6 Å². The first-order chi connectivity index (χ1) is 8.62. The molecule has 1 aromatic rings. The number of nitrogens with two attached hydrogens (primary N) is 1. The Morgan fingerprint density at radius 1 is 1.56 bits per heavy atom.